The summed E-state index contributed by atoms with van der Waals surface area (Å²) in [5.74, 6) is 0.128. The van der Waals surface area contributed by atoms with Gasteiger partial charge in [-0.1, -0.05) is 24.3 Å². The van der Waals surface area contributed by atoms with E-state index in [-0.39, 0.29) is 5.91 Å². The quantitative estimate of drug-likeness (QED) is 0.795. The fourth-order valence-corrected chi connectivity index (χ4v) is 2.04. The number of carbonyl (C=O) groups is 1. The van der Waals surface area contributed by atoms with Crippen LogP contribution in [-0.2, 0) is 11.2 Å². The summed E-state index contributed by atoms with van der Waals surface area (Å²) in [6.45, 7) is 3.95. The molecular weight excluding hydrogens is 200 g/mol. The van der Waals surface area contributed by atoms with E-state index in [1.54, 1.807) is 0 Å². The normalized spacial score (nSPS) is 19.7. The van der Waals surface area contributed by atoms with E-state index in [0.29, 0.717) is 12.5 Å². The van der Waals surface area contributed by atoms with Crippen molar-refractivity contribution < 1.29 is 4.79 Å². The van der Waals surface area contributed by atoms with Crippen molar-refractivity contribution in [3.8, 4) is 0 Å². The molecule has 2 N–H and O–H groups in total. The Hall–Kier alpha value is -1.35. The average molecular weight is 218 g/mol. The van der Waals surface area contributed by atoms with Gasteiger partial charge in [0.15, 0.2) is 0 Å². The SMILES string of the molecule is Cc1ccccc1CC(=O)NC1CCNC1. The second-order valence-electron chi connectivity index (χ2n) is 4.36. The predicted octanol–water partition coefficient (Wildman–Crippen LogP) is 1.02. The molecule has 3 heteroatoms. The third-order valence-electron chi connectivity index (χ3n) is 3.04. The van der Waals surface area contributed by atoms with Crippen LogP contribution in [0.5, 0.6) is 0 Å². The van der Waals surface area contributed by atoms with Crippen LogP contribution in [0.4, 0.5) is 0 Å². The average Bonchev–Trinajstić information content (AvgIpc) is 2.74. The zero-order valence-electron chi connectivity index (χ0n) is 9.62. The molecule has 1 unspecified atom stereocenters. The summed E-state index contributed by atoms with van der Waals surface area (Å²) < 4.78 is 0. The zero-order chi connectivity index (χ0) is 11.4. The third-order valence-corrected chi connectivity index (χ3v) is 3.04. The van der Waals surface area contributed by atoms with Crippen LogP contribution in [0.15, 0.2) is 24.3 Å². The standard InChI is InChI=1S/C13H18N2O/c1-10-4-2-3-5-11(10)8-13(16)15-12-6-7-14-9-12/h2-5,12,14H,6-9H2,1H3,(H,15,16). The van der Waals surface area contributed by atoms with Crippen LogP contribution in [0.25, 0.3) is 0 Å². The highest BCUT2D eigenvalue weighted by atomic mass is 16.1. The molecule has 0 radical (unpaired) electrons. The van der Waals surface area contributed by atoms with Gasteiger partial charge >= 0.3 is 0 Å². The largest absolute Gasteiger partial charge is 0.352 e. The molecule has 1 aliphatic rings. The molecule has 0 bridgehead atoms. The van der Waals surface area contributed by atoms with E-state index >= 15 is 0 Å². The molecule has 1 aromatic carbocycles. The molecule has 1 aliphatic heterocycles. The Morgan fingerprint density at radius 2 is 2.31 bits per heavy atom. The molecule has 0 spiro atoms. The van der Waals surface area contributed by atoms with Gasteiger partial charge in [0.05, 0.1) is 6.42 Å². The van der Waals surface area contributed by atoms with Crippen LogP contribution >= 0.6 is 0 Å². The first kappa shape index (κ1) is 11.1. The highest BCUT2D eigenvalue weighted by Gasteiger charge is 2.16. The zero-order valence-corrected chi connectivity index (χ0v) is 9.62. The molecule has 2 rings (SSSR count). The molecule has 3 nitrogen and oxygen atoms in total. The third kappa shape index (κ3) is 2.83. The first-order chi connectivity index (χ1) is 7.75. The smallest absolute Gasteiger partial charge is 0.224 e. The predicted molar refractivity (Wildman–Crippen MR) is 64.3 cm³/mol. The minimum atomic E-state index is 0.128. The van der Waals surface area contributed by atoms with Crippen molar-refractivity contribution in [3.05, 3.63) is 35.4 Å². The van der Waals surface area contributed by atoms with Gasteiger partial charge in [0.2, 0.25) is 5.91 Å². The number of nitrogens with one attached hydrogen (secondary N) is 2. The molecule has 1 aromatic rings. The fraction of sp³-hybridized carbons (Fsp3) is 0.462. The van der Waals surface area contributed by atoms with Crippen LogP contribution in [0.1, 0.15) is 17.5 Å². The molecule has 1 saturated heterocycles. The monoisotopic (exact) mass is 218 g/mol. The van der Waals surface area contributed by atoms with E-state index in [0.717, 1.165) is 25.1 Å². The van der Waals surface area contributed by atoms with Crippen molar-refractivity contribution in [2.24, 2.45) is 0 Å². The van der Waals surface area contributed by atoms with E-state index in [9.17, 15) is 4.79 Å². The Morgan fingerprint density at radius 3 is 3.00 bits per heavy atom. The maximum Gasteiger partial charge on any atom is 0.224 e. The Labute approximate surface area is 96.2 Å². The van der Waals surface area contributed by atoms with Crippen molar-refractivity contribution in [1.29, 1.82) is 0 Å². The molecule has 0 saturated carbocycles. The summed E-state index contributed by atoms with van der Waals surface area (Å²) in [6, 6.07) is 8.35. The van der Waals surface area contributed by atoms with E-state index in [2.05, 4.69) is 10.6 Å². The van der Waals surface area contributed by atoms with Crippen LogP contribution < -0.4 is 10.6 Å². The van der Waals surface area contributed by atoms with Crippen molar-refractivity contribution in [2.75, 3.05) is 13.1 Å². The number of benzene rings is 1. The Bertz CT molecular complexity index is 370. The number of hydrogen-bond acceptors (Lipinski definition) is 2. The lowest BCUT2D eigenvalue weighted by molar-refractivity contribution is -0.121. The van der Waals surface area contributed by atoms with Gasteiger partial charge in [-0.15, -0.1) is 0 Å². The molecule has 1 atom stereocenters. The van der Waals surface area contributed by atoms with Gasteiger partial charge in [0, 0.05) is 12.6 Å². The first-order valence-electron chi connectivity index (χ1n) is 5.80. The molecule has 16 heavy (non-hydrogen) atoms. The first-order valence-corrected chi connectivity index (χ1v) is 5.80. The van der Waals surface area contributed by atoms with E-state index in [4.69, 9.17) is 0 Å². The minimum absolute atomic E-state index is 0.128. The lowest BCUT2D eigenvalue weighted by Crippen LogP contribution is -2.37. The van der Waals surface area contributed by atoms with Crippen LogP contribution in [-0.4, -0.2) is 25.0 Å². The number of amides is 1. The van der Waals surface area contributed by atoms with Crippen LogP contribution in [0.3, 0.4) is 0 Å². The molecule has 1 heterocycles. The second kappa shape index (κ2) is 5.12. The fourth-order valence-electron chi connectivity index (χ4n) is 2.04. The summed E-state index contributed by atoms with van der Waals surface area (Å²) in [7, 11) is 0. The Balaban J connectivity index is 1.89. The number of aryl methyl sites for hydroxylation is 1. The maximum atomic E-state index is 11.8. The molecule has 86 valence electrons. The summed E-state index contributed by atoms with van der Waals surface area (Å²) in [4.78, 5) is 11.8. The molecular formula is C13H18N2O. The Morgan fingerprint density at radius 1 is 1.50 bits per heavy atom. The van der Waals surface area contributed by atoms with Gasteiger partial charge < -0.3 is 10.6 Å². The summed E-state index contributed by atoms with van der Waals surface area (Å²) in [5, 5.41) is 6.29. The van der Waals surface area contributed by atoms with E-state index in [1.165, 1.54) is 5.56 Å². The minimum Gasteiger partial charge on any atom is -0.352 e. The Kier molecular flexibility index (Phi) is 3.57. The van der Waals surface area contributed by atoms with Crippen molar-refractivity contribution in [2.45, 2.75) is 25.8 Å². The molecule has 0 aliphatic carbocycles. The van der Waals surface area contributed by atoms with Gasteiger partial charge in [0.1, 0.15) is 0 Å². The van der Waals surface area contributed by atoms with Gasteiger partial charge in [-0.2, -0.15) is 0 Å². The molecule has 1 fully saturated rings. The lowest BCUT2D eigenvalue weighted by atomic mass is 10.1. The van der Waals surface area contributed by atoms with Gasteiger partial charge in [-0.05, 0) is 31.0 Å². The van der Waals surface area contributed by atoms with Crippen LogP contribution in [0.2, 0.25) is 0 Å². The number of hydrogen-bond donors (Lipinski definition) is 2. The van der Waals surface area contributed by atoms with Crippen LogP contribution in [0, 0.1) is 6.92 Å². The van der Waals surface area contributed by atoms with Crippen molar-refractivity contribution >= 4 is 5.91 Å². The maximum absolute atomic E-state index is 11.8. The van der Waals surface area contributed by atoms with Gasteiger partial charge in [0.25, 0.3) is 0 Å². The number of rotatable bonds is 3. The molecule has 0 aromatic heterocycles. The summed E-state index contributed by atoms with van der Waals surface area (Å²) >= 11 is 0. The topological polar surface area (TPSA) is 41.1 Å². The summed E-state index contributed by atoms with van der Waals surface area (Å²) in [5.41, 5.74) is 2.30. The second-order valence-corrected chi connectivity index (χ2v) is 4.36. The van der Waals surface area contributed by atoms with Gasteiger partial charge in [-0.25, -0.2) is 0 Å². The van der Waals surface area contributed by atoms with Crippen molar-refractivity contribution in [1.82, 2.24) is 10.6 Å². The molecule has 1 amide bonds. The van der Waals surface area contributed by atoms with Gasteiger partial charge in [-0.3, -0.25) is 4.79 Å². The lowest BCUT2D eigenvalue weighted by Gasteiger charge is -2.12. The summed E-state index contributed by atoms with van der Waals surface area (Å²) in [6.07, 6.45) is 1.53. The number of carbonyl (C=O) groups excluding carboxylic acids is 1. The highest BCUT2D eigenvalue weighted by molar-refractivity contribution is 5.79. The van der Waals surface area contributed by atoms with E-state index < -0.39 is 0 Å². The van der Waals surface area contributed by atoms with E-state index in [1.807, 2.05) is 31.2 Å². The highest BCUT2D eigenvalue weighted by Crippen LogP contribution is 2.08. The van der Waals surface area contributed by atoms with Crippen molar-refractivity contribution in [3.63, 3.8) is 0 Å².